The van der Waals surface area contributed by atoms with E-state index in [1.54, 1.807) is 10.9 Å². The van der Waals surface area contributed by atoms with E-state index in [4.69, 9.17) is 4.74 Å². The highest BCUT2D eigenvalue weighted by molar-refractivity contribution is 5.96. The van der Waals surface area contributed by atoms with Crippen LogP contribution in [0, 0.1) is 19.7 Å². The van der Waals surface area contributed by atoms with Crippen LogP contribution in [-0.2, 0) is 17.8 Å². The molecule has 1 aliphatic heterocycles. The molecule has 1 aromatic heterocycles. The van der Waals surface area contributed by atoms with Crippen LogP contribution < -0.4 is 9.64 Å². The average molecular weight is 542 g/mol. The predicted octanol–water partition coefficient (Wildman–Crippen LogP) is 6.19. The Hall–Kier alpha value is -4.46. The highest BCUT2D eigenvalue weighted by atomic mass is 19.1. The number of carboxylic acids is 1. The van der Waals surface area contributed by atoms with Crippen molar-refractivity contribution in [3.05, 3.63) is 101 Å². The molecule has 1 amide bonds. The second-order valence-corrected chi connectivity index (χ2v) is 10.1. The maximum Gasteiger partial charge on any atom is 0.336 e. The quantitative estimate of drug-likeness (QED) is 0.256. The lowest BCUT2D eigenvalue weighted by Crippen LogP contribution is -2.35. The Bertz CT molecular complexity index is 1560. The summed E-state index contributed by atoms with van der Waals surface area (Å²) in [5, 5.41) is 13.9. The van der Waals surface area contributed by atoms with Crippen molar-refractivity contribution in [1.29, 1.82) is 0 Å². The van der Waals surface area contributed by atoms with Crippen LogP contribution in [-0.4, -0.2) is 39.9 Å². The molecule has 0 saturated carbocycles. The van der Waals surface area contributed by atoms with Gasteiger partial charge in [0, 0.05) is 30.4 Å². The fourth-order valence-electron chi connectivity index (χ4n) is 5.22. The summed E-state index contributed by atoms with van der Waals surface area (Å²) in [6.07, 6.45) is 6.33. The van der Waals surface area contributed by atoms with Crippen molar-refractivity contribution in [2.24, 2.45) is 0 Å². The van der Waals surface area contributed by atoms with Crippen LogP contribution in [0.4, 0.5) is 10.1 Å². The smallest absolute Gasteiger partial charge is 0.336 e. The molecule has 3 aromatic carbocycles. The topological polar surface area (TPSA) is 84.7 Å². The second-order valence-electron chi connectivity index (χ2n) is 10.1. The normalized spacial score (nSPS) is 12.7. The average Bonchev–Trinajstić information content (AvgIpc) is 3.41. The van der Waals surface area contributed by atoms with Crippen molar-refractivity contribution >= 4 is 17.6 Å². The van der Waals surface area contributed by atoms with Crippen molar-refractivity contribution < 1.29 is 23.8 Å². The zero-order valence-electron chi connectivity index (χ0n) is 22.7. The first kappa shape index (κ1) is 27.1. The number of carbonyl (C=O) groups excluding carboxylic acids is 1. The molecule has 4 aromatic rings. The number of aryl methyl sites for hydroxylation is 1. The molecule has 0 aliphatic carbocycles. The van der Waals surface area contributed by atoms with E-state index in [-0.39, 0.29) is 18.0 Å². The number of carboxylic acid groups (broad SMARTS) is 1. The fourth-order valence-corrected chi connectivity index (χ4v) is 5.22. The van der Waals surface area contributed by atoms with Crippen molar-refractivity contribution in [2.45, 2.75) is 46.1 Å². The standard InChI is InChI=1S/C32H32FN3O4/c1-21-7-3-11-30(22(21)2)40-16-6-12-31(37)36-15-5-9-27-26(8-4-10-29(27)36)24-18-34-35(20-24)19-23-13-14-25(33)17-28(23)32(38)39/h3-4,7-8,10-11,13-14,17-18,20H,5-6,9,12,15-16,19H2,1-2H3,(H,38,39). The van der Waals surface area contributed by atoms with Gasteiger partial charge in [-0.1, -0.05) is 30.3 Å². The van der Waals surface area contributed by atoms with E-state index in [0.29, 0.717) is 31.6 Å². The molecular weight excluding hydrogens is 509 g/mol. The van der Waals surface area contributed by atoms with Gasteiger partial charge in [0.15, 0.2) is 0 Å². The minimum Gasteiger partial charge on any atom is -0.493 e. The van der Waals surface area contributed by atoms with Crippen LogP contribution in [0.5, 0.6) is 5.75 Å². The molecule has 5 rings (SSSR count). The molecule has 1 N–H and O–H groups in total. The lowest BCUT2D eigenvalue weighted by atomic mass is 9.93. The van der Waals surface area contributed by atoms with Gasteiger partial charge < -0.3 is 14.7 Å². The van der Waals surface area contributed by atoms with Crippen LogP contribution in [0.3, 0.4) is 0 Å². The lowest BCUT2D eigenvalue weighted by molar-refractivity contribution is -0.118. The number of amides is 1. The summed E-state index contributed by atoms with van der Waals surface area (Å²) in [5.74, 6) is -0.831. The number of benzene rings is 3. The number of ether oxygens (including phenoxy) is 1. The molecule has 0 saturated heterocycles. The van der Waals surface area contributed by atoms with Gasteiger partial charge in [0.1, 0.15) is 11.6 Å². The Balaban J connectivity index is 1.28. The maximum absolute atomic E-state index is 13.6. The largest absolute Gasteiger partial charge is 0.493 e. The maximum atomic E-state index is 13.6. The number of anilines is 1. The molecule has 0 radical (unpaired) electrons. The minimum absolute atomic E-state index is 0.0795. The number of hydrogen-bond donors (Lipinski definition) is 1. The minimum atomic E-state index is -1.18. The van der Waals surface area contributed by atoms with Gasteiger partial charge >= 0.3 is 5.97 Å². The SMILES string of the molecule is Cc1cccc(OCCCC(=O)N2CCCc3c(-c4cnn(Cc5ccc(F)cc5C(=O)O)c4)cccc32)c1C. The molecule has 0 fully saturated rings. The van der Waals surface area contributed by atoms with E-state index in [1.165, 1.54) is 17.7 Å². The third-order valence-electron chi connectivity index (χ3n) is 7.48. The Labute approximate surface area is 232 Å². The number of hydrogen-bond acceptors (Lipinski definition) is 4. The highest BCUT2D eigenvalue weighted by Crippen LogP contribution is 2.36. The summed E-state index contributed by atoms with van der Waals surface area (Å²) in [7, 11) is 0. The molecule has 0 spiro atoms. The number of fused-ring (bicyclic) bond motifs is 1. The van der Waals surface area contributed by atoms with E-state index in [9.17, 15) is 19.1 Å². The Morgan fingerprint density at radius 2 is 1.93 bits per heavy atom. The van der Waals surface area contributed by atoms with Gasteiger partial charge in [0.05, 0.1) is 24.9 Å². The molecule has 0 unspecified atom stereocenters. The Morgan fingerprint density at radius 1 is 1.10 bits per heavy atom. The van der Waals surface area contributed by atoms with E-state index in [0.717, 1.165) is 52.6 Å². The van der Waals surface area contributed by atoms with Gasteiger partial charge in [-0.05, 0) is 85.2 Å². The van der Waals surface area contributed by atoms with Crippen LogP contribution in [0.2, 0.25) is 0 Å². The summed E-state index contributed by atoms with van der Waals surface area (Å²) >= 11 is 0. The number of halogens is 1. The first-order valence-electron chi connectivity index (χ1n) is 13.5. The summed E-state index contributed by atoms with van der Waals surface area (Å²) in [5.41, 5.74) is 6.59. The van der Waals surface area contributed by atoms with E-state index in [1.807, 2.05) is 48.4 Å². The molecule has 1 aliphatic rings. The molecule has 206 valence electrons. The zero-order chi connectivity index (χ0) is 28.2. The number of rotatable bonds is 9. The fraction of sp³-hybridized carbons (Fsp3) is 0.281. The second kappa shape index (κ2) is 11.7. The van der Waals surface area contributed by atoms with Crippen LogP contribution in [0.1, 0.15) is 51.9 Å². The van der Waals surface area contributed by atoms with Gasteiger partial charge in [-0.2, -0.15) is 5.10 Å². The number of carbonyl (C=O) groups is 2. The van der Waals surface area contributed by atoms with Crippen molar-refractivity contribution in [1.82, 2.24) is 9.78 Å². The van der Waals surface area contributed by atoms with Gasteiger partial charge in [-0.25, -0.2) is 9.18 Å². The molecule has 8 heteroatoms. The zero-order valence-corrected chi connectivity index (χ0v) is 22.7. The highest BCUT2D eigenvalue weighted by Gasteiger charge is 2.25. The first-order chi connectivity index (χ1) is 19.3. The van der Waals surface area contributed by atoms with E-state index in [2.05, 4.69) is 18.1 Å². The Kier molecular flexibility index (Phi) is 7.96. The first-order valence-corrected chi connectivity index (χ1v) is 13.5. The van der Waals surface area contributed by atoms with Crippen molar-refractivity contribution in [3.8, 4) is 16.9 Å². The molecule has 40 heavy (non-hydrogen) atoms. The van der Waals surface area contributed by atoms with Crippen molar-refractivity contribution in [3.63, 3.8) is 0 Å². The molecule has 7 nitrogen and oxygen atoms in total. The summed E-state index contributed by atoms with van der Waals surface area (Å²) in [4.78, 5) is 26.7. The molecule has 0 bridgehead atoms. The third kappa shape index (κ3) is 5.76. The molecular formula is C32H32FN3O4. The van der Waals surface area contributed by atoms with Gasteiger partial charge in [0.2, 0.25) is 5.91 Å². The number of aromatic carboxylic acids is 1. The summed E-state index contributed by atoms with van der Waals surface area (Å²) in [6.45, 7) is 5.45. The van der Waals surface area contributed by atoms with Gasteiger partial charge in [0.25, 0.3) is 0 Å². The van der Waals surface area contributed by atoms with Crippen molar-refractivity contribution in [2.75, 3.05) is 18.1 Å². The van der Waals surface area contributed by atoms with E-state index >= 15 is 0 Å². The summed E-state index contributed by atoms with van der Waals surface area (Å²) in [6, 6.07) is 15.7. The monoisotopic (exact) mass is 541 g/mol. The number of nitrogens with zero attached hydrogens (tertiary/aromatic N) is 3. The van der Waals surface area contributed by atoms with Gasteiger partial charge in [-0.15, -0.1) is 0 Å². The number of aromatic nitrogens is 2. The van der Waals surface area contributed by atoms with Crippen LogP contribution in [0.15, 0.2) is 67.0 Å². The molecule has 2 heterocycles. The van der Waals surface area contributed by atoms with Crippen LogP contribution in [0.25, 0.3) is 11.1 Å². The van der Waals surface area contributed by atoms with E-state index < -0.39 is 11.8 Å². The lowest BCUT2D eigenvalue weighted by Gasteiger charge is -2.31. The van der Waals surface area contributed by atoms with Crippen LogP contribution >= 0.6 is 0 Å². The summed E-state index contributed by atoms with van der Waals surface area (Å²) < 4.78 is 21.2. The third-order valence-corrected chi connectivity index (χ3v) is 7.48. The van der Waals surface area contributed by atoms with Gasteiger partial charge in [-0.3, -0.25) is 9.48 Å². The Morgan fingerprint density at radius 3 is 2.75 bits per heavy atom. The predicted molar refractivity (Wildman–Crippen MR) is 151 cm³/mol. The molecule has 0 atom stereocenters.